The minimum atomic E-state index is 0.328. The Balaban J connectivity index is 1.98. The van der Waals surface area contributed by atoms with Crippen LogP contribution in [0.25, 0.3) is 0 Å². The van der Waals surface area contributed by atoms with E-state index in [-0.39, 0.29) is 0 Å². The molecule has 1 aliphatic carbocycles. The van der Waals surface area contributed by atoms with Crippen LogP contribution in [0.3, 0.4) is 0 Å². The molecule has 1 aliphatic rings. The van der Waals surface area contributed by atoms with Gasteiger partial charge < -0.3 is 4.74 Å². The van der Waals surface area contributed by atoms with Crippen molar-refractivity contribution in [2.45, 2.75) is 44.6 Å². The van der Waals surface area contributed by atoms with Gasteiger partial charge in [-0.15, -0.1) is 0 Å². The summed E-state index contributed by atoms with van der Waals surface area (Å²) in [6.45, 7) is 0. The molecule has 0 atom stereocenters. The van der Waals surface area contributed by atoms with Crippen LogP contribution in [-0.4, -0.2) is 11.1 Å². The molecule has 3 heteroatoms. The van der Waals surface area contributed by atoms with E-state index in [2.05, 4.69) is 4.98 Å². The monoisotopic (exact) mass is 225 g/mol. The summed E-state index contributed by atoms with van der Waals surface area (Å²) in [6.07, 6.45) is 9.50. The van der Waals surface area contributed by atoms with Gasteiger partial charge in [-0.3, -0.25) is 0 Å². The van der Waals surface area contributed by atoms with E-state index >= 15 is 0 Å². The van der Waals surface area contributed by atoms with Gasteiger partial charge in [0.25, 0.3) is 0 Å². The molecule has 2 rings (SSSR count). The summed E-state index contributed by atoms with van der Waals surface area (Å²) in [5.74, 6) is 0.728. The smallest absolute Gasteiger partial charge is 0.171 e. The van der Waals surface area contributed by atoms with Crippen LogP contribution in [0.15, 0.2) is 18.3 Å². The zero-order valence-electron chi connectivity index (χ0n) is 8.79. The summed E-state index contributed by atoms with van der Waals surface area (Å²) in [4.78, 5) is 4.01. The molecule has 0 saturated heterocycles. The lowest BCUT2D eigenvalue weighted by Gasteiger charge is -2.17. The Kier molecular flexibility index (Phi) is 3.84. The maximum atomic E-state index is 5.95. The van der Waals surface area contributed by atoms with Crippen molar-refractivity contribution in [1.29, 1.82) is 0 Å². The Labute approximate surface area is 95.6 Å². The summed E-state index contributed by atoms with van der Waals surface area (Å²) in [5.41, 5.74) is 0. The Morgan fingerprint density at radius 2 is 1.93 bits per heavy atom. The van der Waals surface area contributed by atoms with Crippen LogP contribution in [0.4, 0.5) is 0 Å². The van der Waals surface area contributed by atoms with Crippen LogP contribution in [-0.2, 0) is 0 Å². The van der Waals surface area contributed by atoms with Gasteiger partial charge in [-0.2, -0.15) is 0 Å². The Morgan fingerprint density at radius 3 is 2.60 bits per heavy atom. The van der Waals surface area contributed by atoms with Crippen molar-refractivity contribution in [3.63, 3.8) is 0 Å². The average molecular weight is 226 g/mol. The summed E-state index contributed by atoms with van der Waals surface area (Å²) < 4.78 is 5.87. The second kappa shape index (κ2) is 5.36. The molecule has 1 heterocycles. The van der Waals surface area contributed by atoms with E-state index < -0.39 is 0 Å². The van der Waals surface area contributed by atoms with Gasteiger partial charge in [-0.05, 0) is 37.8 Å². The SMILES string of the molecule is Clc1ncccc1OC1CCCCCC1. The molecule has 0 aromatic carbocycles. The summed E-state index contributed by atoms with van der Waals surface area (Å²) in [5, 5.41) is 0.474. The van der Waals surface area contributed by atoms with Crippen molar-refractivity contribution in [3.8, 4) is 5.75 Å². The van der Waals surface area contributed by atoms with E-state index in [9.17, 15) is 0 Å². The van der Waals surface area contributed by atoms with Gasteiger partial charge in [0.05, 0.1) is 6.10 Å². The topological polar surface area (TPSA) is 22.1 Å². The summed E-state index contributed by atoms with van der Waals surface area (Å²) >= 11 is 5.95. The van der Waals surface area contributed by atoms with E-state index in [1.165, 1.54) is 25.7 Å². The van der Waals surface area contributed by atoms with Crippen molar-refractivity contribution >= 4 is 11.6 Å². The highest BCUT2D eigenvalue weighted by Crippen LogP contribution is 2.26. The molecular formula is C12H16ClNO. The van der Waals surface area contributed by atoms with Gasteiger partial charge >= 0.3 is 0 Å². The van der Waals surface area contributed by atoms with E-state index in [1.807, 2.05) is 12.1 Å². The van der Waals surface area contributed by atoms with Crippen LogP contribution in [0.5, 0.6) is 5.75 Å². The van der Waals surface area contributed by atoms with E-state index in [1.54, 1.807) is 6.20 Å². The van der Waals surface area contributed by atoms with Gasteiger partial charge in [0.15, 0.2) is 10.9 Å². The zero-order chi connectivity index (χ0) is 10.5. The van der Waals surface area contributed by atoms with E-state index in [0.29, 0.717) is 11.3 Å². The molecule has 1 aromatic heterocycles. The van der Waals surface area contributed by atoms with Crippen LogP contribution in [0, 0.1) is 0 Å². The van der Waals surface area contributed by atoms with Gasteiger partial charge in [-0.25, -0.2) is 4.98 Å². The normalized spacial score (nSPS) is 18.5. The standard InChI is InChI=1S/C12H16ClNO/c13-12-11(8-5-9-14-12)15-10-6-3-1-2-4-7-10/h5,8-10H,1-4,6-7H2. The second-order valence-electron chi connectivity index (χ2n) is 4.02. The van der Waals surface area contributed by atoms with Crippen LogP contribution in [0.1, 0.15) is 38.5 Å². The molecule has 1 saturated carbocycles. The lowest BCUT2D eigenvalue weighted by Crippen LogP contribution is -2.15. The molecule has 0 bridgehead atoms. The first kappa shape index (κ1) is 10.7. The fraction of sp³-hybridized carbons (Fsp3) is 0.583. The summed E-state index contributed by atoms with van der Waals surface area (Å²) in [7, 11) is 0. The molecule has 2 nitrogen and oxygen atoms in total. The maximum absolute atomic E-state index is 5.95. The third kappa shape index (κ3) is 3.10. The molecule has 0 amide bonds. The van der Waals surface area contributed by atoms with Crippen molar-refractivity contribution in [2.24, 2.45) is 0 Å². The molecule has 1 fully saturated rings. The number of hydrogen-bond donors (Lipinski definition) is 0. The number of nitrogens with zero attached hydrogens (tertiary/aromatic N) is 1. The first-order valence-electron chi connectivity index (χ1n) is 5.63. The molecule has 15 heavy (non-hydrogen) atoms. The number of halogens is 1. The van der Waals surface area contributed by atoms with Crippen molar-refractivity contribution < 1.29 is 4.74 Å². The first-order chi connectivity index (χ1) is 7.36. The molecule has 0 unspecified atom stereocenters. The lowest BCUT2D eigenvalue weighted by molar-refractivity contribution is 0.183. The quantitative estimate of drug-likeness (QED) is 0.564. The Hall–Kier alpha value is -0.760. The van der Waals surface area contributed by atoms with Gasteiger partial charge in [0, 0.05) is 6.20 Å². The van der Waals surface area contributed by atoms with Crippen molar-refractivity contribution in [1.82, 2.24) is 4.98 Å². The third-order valence-corrected chi connectivity index (χ3v) is 3.10. The minimum absolute atomic E-state index is 0.328. The lowest BCUT2D eigenvalue weighted by atomic mass is 10.1. The van der Waals surface area contributed by atoms with E-state index in [0.717, 1.165) is 18.6 Å². The van der Waals surface area contributed by atoms with Crippen LogP contribution in [0.2, 0.25) is 5.15 Å². The van der Waals surface area contributed by atoms with Gasteiger partial charge in [0.2, 0.25) is 0 Å². The molecular weight excluding hydrogens is 210 g/mol. The molecule has 82 valence electrons. The number of hydrogen-bond acceptors (Lipinski definition) is 2. The third-order valence-electron chi connectivity index (χ3n) is 2.82. The average Bonchev–Trinajstić information content (AvgIpc) is 2.50. The highest BCUT2D eigenvalue weighted by Gasteiger charge is 2.14. The molecule has 0 radical (unpaired) electrons. The summed E-state index contributed by atoms with van der Waals surface area (Å²) in [6, 6.07) is 3.75. The molecule has 0 spiro atoms. The predicted molar refractivity (Wildman–Crippen MR) is 61.4 cm³/mol. The molecule has 1 aromatic rings. The van der Waals surface area contributed by atoms with Gasteiger partial charge in [0.1, 0.15) is 0 Å². The van der Waals surface area contributed by atoms with Crippen molar-refractivity contribution in [3.05, 3.63) is 23.5 Å². The minimum Gasteiger partial charge on any atom is -0.487 e. The Morgan fingerprint density at radius 1 is 1.20 bits per heavy atom. The predicted octanol–water partition coefficient (Wildman–Crippen LogP) is 3.84. The van der Waals surface area contributed by atoms with Crippen LogP contribution < -0.4 is 4.74 Å². The highest BCUT2D eigenvalue weighted by molar-refractivity contribution is 6.30. The first-order valence-corrected chi connectivity index (χ1v) is 6.01. The van der Waals surface area contributed by atoms with Crippen molar-refractivity contribution in [2.75, 3.05) is 0 Å². The number of aromatic nitrogens is 1. The zero-order valence-corrected chi connectivity index (χ0v) is 9.54. The second-order valence-corrected chi connectivity index (χ2v) is 4.38. The fourth-order valence-corrected chi connectivity index (χ4v) is 2.16. The molecule has 0 N–H and O–H groups in total. The maximum Gasteiger partial charge on any atom is 0.171 e. The number of pyridine rings is 1. The molecule has 0 aliphatic heterocycles. The number of ether oxygens (including phenoxy) is 1. The highest BCUT2D eigenvalue weighted by atomic mass is 35.5. The van der Waals surface area contributed by atoms with Gasteiger partial charge in [-0.1, -0.05) is 24.4 Å². The van der Waals surface area contributed by atoms with E-state index in [4.69, 9.17) is 16.3 Å². The largest absolute Gasteiger partial charge is 0.487 e. The Bertz CT molecular complexity index is 308. The fourth-order valence-electron chi connectivity index (χ4n) is 2.00. The van der Waals surface area contributed by atoms with Crippen LogP contribution >= 0.6 is 11.6 Å². The number of rotatable bonds is 2.